The smallest absolute Gasteiger partial charge is 0.137 e. The van der Waals surface area contributed by atoms with Gasteiger partial charge in [0.25, 0.3) is 0 Å². The van der Waals surface area contributed by atoms with Gasteiger partial charge in [0, 0.05) is 5.92 Å². The number of carbonyl (C=O) groups is 1. The van der Waals surface area contributed by atoms with Crippen LogP contribution in [0.4, 0.5) is 0 Å². The summed E-state index contributed by atoms with van der Waals surface area (Å²) in [5, 5.41) is 0. The highest BCUT2D eigenvalue weighted by Crippen LogP contribution is 2.23. The molecule has 1 aromatic carbocycles. The molecule has 0 aliphatic heterocycles. The van der Waals surface area contributed by atoms with E-state index in [0.29, 0.717) is 5.78 Å². The summed E-state index contributed by atoms with van der Waals surface area (Å²) >= 11 is 0. The van der Waals surface area contributed by atoms with Gasteiger partial charge in [0.2, 0.25) is 0 Å². The highest BCUT2D eigenvalue weighted by Gasteiger charge is 2.15. The monoisotopic (exact) mass is 288 g/mol. The van der Waals surface area contributed by atoms with E-state index in [1.165, 1.54) is 63.4 Å². The van der Waals surface area contributed by atoms with Gasteiger partial charge in [-0.3, -0.25) is 4.79 Å². The molecule has 0 aromatic heterocycles. The third-order valence-electron chi connectivity index (χ3n) is 4.29. The van der Waals surface area contributed by atoms with Crippen LogP contribution in [0.3, 0.4) is 0 Å². The van der Waals surface area contributed by atoms with Crippen molar-refractivity contribution in [3.05, 3.63) is 35.9 Å². The Bertz CT molecular complexity index is 369. The Morgan fingerprint density at radius 3 is 1.90 bits per heavy atom. The van der Waals surface area contributed by atoms with Crippen LogP contribution in [0, 0.1) is 0 Å². The van der Waals surface area contributed by atoms with Crippen molar-refractivity contribution >= 4 is 5.78 Å². The van der Waals surface area contributed by atoms with Gasteiger partial charge in [-0.15, -0.1) is 0 Å². The molecule has 0 radical (unpaired) electrons. The third-order valence-corrected chi connectivity index (χ3v) is 4.29. The minimum atomic E-state index is 0.107. The van der Waals surface area contributed by atoms with Crippen molar-refractivity contribution in [2.45, 2.75) is 84.0 Å². The van der Waals surface area contributed by atoms with Crippen LogP contribution in [0.2, 0.25) is 0 Å². The summed E-state index contributed by atoms with van der Waals surface area (Å²) in [6.07, 6.45) is 13.0. The van der Waals surface area contributed by atoms with Gasteiger partial charge in [-0.25, -0.2) is 0 Å². The van der Waals surface area contributed by atoms with E-state index in [0.717, 1.165) is 6.42 Å². The average molecular weight is 288 g/mol. The second kappa shape index (κ2) is 11.5. The van der Waals surface area contributed by atoms with E-state index >= 15 is 0 Å². The summed E-state index contributed by atoms with van der Waals surface area (Å²) < 4.78 is 0. The molecular weight excluding hydrogens is 256 g/mol. The largest absolute Gasteiger partial charge is 0.299 e. The van der Waals surface area contributed by atoms with Gasteiger partial charge < -0.3 is 0 Å². The minimum absolute atomic E-state index is 0.107. The number of Topliss-reactive ketones (excluding diaryl/α,β-unsaturated/α-hetero) is 1. The summed E-state index contributed by atoms with van der Waals surface area (Å²) in [5.74, 6) is 0.413. The fourth-order valence-electron chi connectivity index (χ4n) is 2.95. The lowest BCUT2D eigenvalue weighted by atomic mass is 9.90. The molecule has 21 heavy (non-hydrogen) atoms. The molecule has 118 valence electrons. The fourth-order valence-corrected chi connectivity index (χ4v) is 2.95. The summed E-state index contributed by atoms with van der Waals surface area (Å²) in [6, 6.07) is 10.2. The van der Waals surface area contributed by atoms with E-state index in [9.17, 15) is 4.79 Å². The Hall–Kier alpha value is -1.11. The van der Waals surface area contributed by atoms with Crippen LogP contribution < -0.4 is 0 Å². The Labute approximate surface area is 131 Å². The highest BCUT2D eigenvalue weighted by molar-refractivity contribution is 5.83. The molecule has 0 N–H and O–H groups in total. The van der Waals surface area contributed by atoms with Gasteiger partial charge in [-0.2, -0.15) is 0 Å². The Kier molecular flexibility index (Phi) is 9.86. The molecule has 1 heteroatoms. The first kappa shape index (κ1) is 17.9. The zero-order valence-electron chi connectivity index (χ0n) is 13.9. The average Bonchev–Trinajstić information content (AvgIpc) is 2.50. The number of ketones is 1. The normalized spacial score (nSPS) is 12.3. The lowest BCUT2D eigenvalue weighted by Crippen LogP contribution is -2.08. The van der Waals surface area contributed by atoms with Crippen molar-refractivity contribution < 1.29 is 4.79 Å². The minimum Gasteiger partial charge on any atom is -0.299 e. The summed E-state index contributed by atoms with van der Waals surface area (Å²) in [6.45, 7) is 3.99. The van der Waals surface area contributed by atoms with Crippen LogP contribution in [0.15, 0.2) is 30.3 Å². The van der Waals surface area contributed by atoms with Crippen LogP contribution in [0.1, 0.15) is 89.5 Å². The zero-order chi connectivity index (χ0) is 15.3. The maximum atomic E-state index is 11.8. The molecule has 1 aromatic rings. The van der Waals surface area contributed by atoms with Crippen molar-refractivity contribution in [2.75, 3.05) is 0 Å². The number of unbranched alkanes of at least 4 members (excludes halogenated alkanes) is 8. The maximum absolute atomic E-state index is 11.8. The predicted octanol–water partition coefficient (Wildman–Crippen LogP) is 6.28. The van der Waals surface area contributed by atoms with E-state index in [4.69, 9.17) is 0 Å². The van der Waals surface area contributed by atoms with Crippen LogP contribution >= 0.6 is 0 Å². The van der Waals surface area contributed by atoms with Gasteiger partial charge in [-0.1, -0.05) is 95.0 Å². The number of hydrogen-bond donors (Lipinski definition) is 0. The van der Waals surface area contributed by atoms with Crippen LogP contribution in [-0.2, 0) is 4.79 Å². The summed E-state index contributed by atoms with van der Waals surface area (Å²) in [5.41, 5.74) is 1.18. The first-order valence-electron chi connectivity index (χ1n) is 8.81. The molecule has 0 bridgehead atoms. The van der Waals surface area contributed by atoms with E-state index in [1.54, 1.807) is 6.92 Å². The Morgan fingerprint density at radius 2 is 1.38 bits per heavy atom. The maximum Gasteiger partial charge on any atom is 0.137 e. The van der Waals surface area contributed by atoms with Crippen molar-refractivity contribution in [3.63, 3.8) is 0 Å². The summed E-state index contributed by atoms with van der Waals surface area (Å²) in [4.78, 5) is 11.8. The molecule has 0 saturated carbocycles. The van der Waals surface area contributed by atoms with Gasteiger partial charge >= 0.3 is 0 Å². The lowest BCUT2D eigenvalue weighted by molar-refractivity contribution is -0.118. The van der Waals surface area contributed by atoms with Crippen LogP contribution in [0.5, 0.6) is 0 Å². The molecule has 0 aliphatic rings. The van der Waals surface area contributed by atoms with Gasteiger partial charge in [0.1, 0.15) is 5.78 Å². The Morgan fingerprint density at radius 1 is 0.857 bits per heavy atom. The third kappa shape index (κ3) is 8.04. The molecule has 1 unspecified atom stereocenters. The SMILES string of the molecule is CCCCCCCCCCCC(C(C)=O)c1ccccc1. The topological polar surface area (TPSA) is 17.1 Å². The molecule has 0 spiro atoms. The quantitative estimate of drug-likeness (QED) is 0.414. The first-order chi connectivity index (χ1) is 10.3. The fraction of sp³-hybridized carbons (Fsp3) is 0.650. The standard InChI is InChI=1S/C20H32O/c1-3-4-5-6-7-8-9-10-14-17-20(18(2)21)19-15-12-11-13-16-19/h11-13,15-16,20H,3-10,14,17H2,1-2H3. The van der Waals surface area contributed by atoms with Crippen molar-refractivity contribution in [3.8, 4) is 0 Å². The van der Waals surface area contributed by atoms with E-state index in [1.807, 2.05) is 18.2 Å². The lowest BCUT2D eigenvalue weighted by Gasteiger charge is -2.14. The molecule has 0 amide bonds. The number of benzene rings is 1. The van der Waals surface area contributed by atoms with Gasteiger partial charge in [-0.05, 0) is 18.9 Å². The number of carbonyl (C=O) groups excluding carboxylic acids is 1. The molecule has 0 fully saturated rings. The molecule has 1 rings (SSSR count). The van der Waals surface area contributed by atoms with Crippen molar-refractivity contribution in [1.29, 1.82) is 0 Å². The summed E-state index contributed by atoms with van der Waals surface area (Å²) in [7, 11) is 0. The number of hydrogen-bond acceptors (Lipinski definition) is 1. The molecule has 1 nitrogen and oxygen atoms in total. The molecule has 1 atom stereocenters. The molecular formula is C20H32O. The molecule has 0 saturated heterocycles. The van der Waals surface area contributed by atoms with Gasteiger partial charge in [0.15, 0.2) is 0 Å². The van der Waals surface area contributed by atoms with E-state index < -0.39 is 0 Å². The van der Waals surface area contributed by atoms with Crippen LogP contribution in [-0.4, -0.2) is 5.78 Å². The predicted molar refractivity (Wildman–Crippen MR) is 91.7 cm³/mol. The van der Waals surface area contributed by atoms with Crippen molar-refractivity contribution in [2.24, 2.45) is 0 Å². The second-order valence-electron chi connectivity index (χ2n) is 6.19. The van der Waals surface area contributed by atoms with E-state index in [-0.39, 0.29) is 5.92 Å². The molecule has 0 aliphatic carbocycles. The first-order valence-corrected chi connectivity index (χ1v) is 8.81. The Balaban J connectivity index is 2.13. The number of rotatable bonds is 12. The highest BCUT2D eigenvalue weighted by atomic mass is 16.1. The van der Waals surface area contributed by atoms with E-state index in [2.05, 4.69) is 19.1 Å². The second-order valence-corrected chi connectivity index (χ2v) is 6.19. The van der Waals surface area contributed by atoms with Gasteiger partial charge in [0.05, 0.1) is 0 Å². The molecule has 0 heterocycles. The van der Waals surface area contributed by atoms with Crippen LogP contribution in [0.25, 0.3) is 0 Å². The van der Waals surface area contributed by atoms with Crippen molar-refractivity contribution in [1.82, 2.24) is 0 Å². The zero-order valence-corrected chi connectivity index (χ0v) is 13.9.